The first-order valence-electron chi connectivity index (χ1n) is 8.00. The molecule has 2 amide bonds. The quantitative estimate of drug-likeness (QED) is 0.808. The molecular formula is C18H17F3N2O2S. The lowest BCUT2D eigenvalue weighted by Gasteiger charge is -2.26. The Labute approximate surface area is 152 Å². The van der Waals surface area contributed by atoms with Crippen LogP contribution in [0.5, 0.6) is 5.75 Å². The standard InChI is InChI=1S/C18H17F3N2O2S/c19-18(20,21)12-25-15-5-2-1-4-14(15)22-17(24)23-9-7-13(8-10-23)16-6-3-11-26-16/h1-7,11H,8-10,12H2,(H,22,24). The van der Waals surface area contributed by atoms with Gasteiger partial charge in [-0.3, -0.25) is 0 Å². The first kappa shape index (κ1) is 18.3. The molecule has 0 spiro atoms. The molecule has 1 aliphatic rings. The maximum absolute atomic E-state index is 12.4. The van der Waals surface area contributed by atoms with E-state index < -0.39 is 12.8 Å². The molecule has 138 valence electrons. The SMILES string of the molecule is O=C(Nc1ccccc1OCC(F)(F)F)N1CC=C(c2cccs2)CC1. The number of anilines is 1. The number of para-hydroxylation sites is 2. The Morgan fingerprint density at radius 3 is 2.69 bits per heavy atom. The van der Waals surface area contributed by atoms with Gasteiger partial charge in [-0.05, 0) is 35.6 Å². The minimum atomic E-state index is -4.44. The third-order valence-electron chi connectivity index (χ3n) is 3.85. The van der Waals surface area contributed by atoms with Crippen LogP contribution in [0.2, 0.25) is 0 Å². The second-order valence-corrected chi connectivity index (χ2v) is 6.68. The topological polar surface area (TPSA) is 41.6 Å². The normalized spacial score (nSPS) is 14.7. The van der Waals surface area contributed by atoms with Gasteiger partial charge < -0.3 is 15.0 Å². The van der Waals surface area contributed by atoms with E-state index in [0.717, 1.165) is 6.42 Å². The first-order chi connectivity index (χ1) is 12.4. The van der Waals surface area contributed by atoms with Crippen LogP contribution in [0, 0.1) is 0 Å². The van der Waals surface area contributed by atoms with Gasteiger partial charge in [0.25, 0.3) is 0 Å². The van der Waals surface area contributed by atoms with Crippen LogP contribution in [0.1, 0.15) is 11.3 Å². The van der Waals surface area contributed by atoms with Gasteiger partial charge in [-0.1, -0.05) is 24.3 Å². The molecule has 2 heterocycles. The smallest absolute Gasteiger partial charge is 0.422 e. The van der Waals surface area contributed by atoms with Crippen LogP contribution in [0.3, 0.4) is 0 Å². The van der Waals surface area contributed by atoms with Crippen molar-refractivity contribution < 1.29 is 22.7 Å². The van der Waals surface area contributed by atoms with Gasteiger partial charge in [0.05, 0.1) is 5.69 Å². The van der Waals surface area contributed by atoms with Crippen molar-refractivity contribution >= 4 is 28.6 Å². The largest absolute Gasteiger partial charge is 0.482 e. The van der Waals surface area contributed by atoms with Gasteiger partial charge in [0, 0.05) is 18.0 Å². The Bertz CT molecular complexity index is 788. The van der Waals surface area contributed by atoms with Gasteiger partial charge in [-0.15, -0.1) is 11.3 Å². The summed E-state index contributed by atoms with van der Waals surface area (Å²) >= 11 is 1.66. The lowest BCUT2D eigenvalue weighted by Crippen LogP contribution is -2.38. The minimum absolute atomic E-state index is 0.00926. The van der Waals surface area contributed by atoms with Gasteiger partial charge in [-0.25, -0.2) is 4.79 Å². The second kappa shape index (κ2) is 7.82. The third-order valence-corrected chi connectivity index (χ3v) is 4.80. The highest BCUT2D eigenvalue weighted by Gasteiger charge is 2.29. The summed E-state index contributed by atoms with van der Waals surface area (Å²) in [6, 6.07) is 9.75. The number of amides is 2. The van der Waals surface area contributed by atoms with Crippen molar-refractivity contribution in [2.45, 2.75) is 12.6 Å². The maximum Gasteiger partial charge on any atom is 0.422 e. The predicted molar refractivity (Wildman–Crippen MR) is 95.5 cm³/mol. The fourth-order valence-corrected chi connectivity index (χ4v) is 3.39. The van der Waals surface area contributed by atoms with Gasteiger partial charge in [0.1, 0.15) is 5.75 Å². The molecular weight excluding hydrogens is 365 g/mol. The molecule has 0 aliphatic carbocycles. The Kier molecular flexibility index (Phi) is 5.51. The Balaban J connectivity index is 1.62. The number of nitrogens with zero attached hydrogens (tertiary/aromatic N) is 1. The zero-order valence-electron chi connectivity index (χ0n) is 13.8. The summed E-state index contributed by atoms with van der Waals surface area (Å²) < 4.78 is 41.8. The maximum atomic E-state index is 12.4. The summed E-state index contributed by atoms with van der Waals surface area (Å²) in [5, 5.41) is 4.64. The zero-order valence-corrected chi connectivity index (χ0v) is 14.6. The Hall–Kier alpha value is -2.48. The van der Waals surface area contributed by atoms with Crippen molar-refractivity contribution in [2.24, 2.45) is 0 Å². The van der Waals surface area contributed by atoms with Crippen LogP contribution in [-0.2, 0) is 0 Å². The molecule has 1 aromatic carbocycles. The van der Waals surface area contributed by atoms with Crippen LogP contribution in [0.15, 0.2) is 47.9 Å². The summed E-state index contributed by atoms with van der Waals surface area (Å²) in [4.78, 5) is 15.2. The average Bonchev–Trinajstić information content (AvgIpc) is 3.15. The molecule has 8 heteroatoms. The fraction of sp³-hybridized carbons (Fsp3) is 0.278. The van der Waals surface area contributed by atoms with E-state index in [1.807, 2.05) is 23.6 Å². The molecule has 0 saturated heterocycles. The summed E-state index contributed by atoms with van der Waals surface area (Å²) in [5.41, 5.74) is 1.42. The Morgan fingerprint density at radius 1 is 1.23 bits per heavy atom. The van der Waals surface area contributed by atoms with Crippen molar-refractivity contribution in [3.05, 3.63) is 52.7 Å². The van der Waals surface area contributed by atoms with Gasteiger partial charge in [-0.2, -0.15) is 13.2 Å². The van der Waals surface area contributed by atoms with E-state index in [1.165, 1.54) is 22.6 Å². The lowest BCUT2D eigenvalue weighted by atomic mass is 10.1. The number of hydrogen-bond acceptors (Lipinski definition) is 3. The van der Waals surface area contributed by atoms with Crippen LogP contribution in [0.4, 0.5) is 23.7 Å². The molecule has 3 rings (SSSR count). The molecule has 0 atom stereocenters. The number of thiophene rings is 1. The summed E-state index contributed by atoms with van der Waals surface area (Å²) in [5.74, 6) is -0.00926. The number of halogens is 3. The Morgan fingerprint density at radius 2 is 2.04 bits per heavy atom. The van der Waals surface area contributed by atoms with Crippen LogP contribution >= 0.6 is 11.3 Å². The number of carbonyl (C=O) groups excluding carboxylic acids is 1. The number of nitrogens with one attached hydrogen (secondary N) is 1. The molecule has 1 aliphatic heterocycles. The van der Waals surface area contributed by atoms with E-state index in [-0.39, 0.29) is 17.5 Å². The van der Waals surface area contributed by atoms with E-state index in [4.69, 9.17) is 4.74 Å². The molecule has 0 saturated carbocycles. The van der Waals surface area contributed by atoms with Crippen molar-refractivity contribution in [1.29, 1.82) is 0 Å². The first-order valence-corrected chi connectivity index (χ1v) is 8.88. The molecule has 0 fully saturated rings. The molecule has 2 aromatic rings. The predicted octanol–water partition coefficient (Wildman–Crippen LogP) is 5.01. The zero-order chi connectivity index (χ0) is 18.6. The van der Waals surface area contributed by atoms with Gasteiger partial charge >= 0.3 is 12.2 Å². The molecule has 0 bridgehead atoms. The van der Waals surface area contributed by atoms with Crippen LogP contribution < -0.4 is 10.1 Å². The minimum Gasteiger partial charge on any atom is -0.482 e. The van der Waals surface area contributed by atoms with Crippen molar-refractivity contribution in [2.75, 3.05) is 25.0 Å². The molecule has 26 heavy (non-hydrogen) atoms. The molecule has 1 N–H and O–H groups in total. The highest BCUT2D eigenvalue weighted by Crippen LogP contribution is 2.28. The van der Waals surface area contributed by atoms with E-state index in [2.05, 4.69) is 5.32 Å². The number of alkyl halides is 3. The van der Waals surface area contributed by atoms with E-state index >= 15 is 0 Å². The monoisotopic (exact) mass is 382 g/mol. The van der Waals surface area contributed by atoms with Crippen molar-refractivity contribution in [1.82, 2.24) is 4.90 Å². The number of rotatable bonds is 4. The second-order valence-electron chi connectivity index (χ2n) is 5.73. The third kappa shape index (κ3) is 4.78. The van der Waals surface area contributed by atoms with Gasteiger partial charge in [0.15, 0.2) is 6.61 Å². The number of ether oxygens (including phenoxy) is 1. The molecule has 4 nitrogen and oxygen atoms in total. The van der Waals surface area contributed by atoms with E-state index in [1.54, 1.807) is 28.4 Å². The molecule has 0 unspecified atom stereocenters. The molecule has 0 radical (unpaired) electrons. The lowest BCUT2D eigenvalue weighted by molar-refractivity contribution is -0.153. The number of hydrogen-bond donors (Lipinski definition) is 1. The van der Waals surface area contributed by atoms with E-state index in [9.17, 15) is 18.0 Å². The summed E-state index contributed by atoms with van der Waals surface area (Å²) in [6.07, 6.45) is -1.70. The van der Waals surface area contributed by atoms with E-state index in [0.29, 0.717) is 13.1 Å². The number of carbonyl (C=O) groups is 1. The van der Waals surface area contributed by atoms with Gasteiger partial charge in [0.2, 0.25) is 0 Å². The summed E-state index contributed by atoms with van der Waals surface area (Å²) in [6.45, 7) is -0.414. The molecule has 1 aromatic heterocycles. The van der Waals surface area contributed by atoms with Crippen molar-refractivity contribution in [3.63, 3.8) is 0 Å². The highest BCUT2D eigenvalue weighted by atomic mass is 32.1. The number of benzene rings is 1. The summed E-state index contributed by atoms with van der Waals surface area (Å²) in [7, 11) is 0. The fourth-order valence-electron chi connectivity index (χ4n) is 2.59. The number of urea groups is 1. The highest BCUT2D eigenvalue weighted by molar-refractivity contribution is 7.11. The van der Waals surface area contributed by atoms with Crippen LogP contribution in [-0.4, -0.2) is 36.8 Å². The van der Waals surface area contributed by atoms with Crippen LogP contribution in [0.25, 0.3) is 5.57 Å². The van der Waals surface area contributed by atoms with Crippen molar-refractivity contribution in [3.8, 4) is 5.75 Å². The average molecular weight is 382 g/mol.